The quantitative estimate of drug-likeness (QED) is 0.850. The zero-order valence-corrected chi connectivity index (χ0v) is 15.7. The Balaban J connectivity index is 1.60. The summed E-state index contributed by atoms with van der Waals surface area (Å²) in [6.45, 7) is 3.72. The third-order valence-electron chi connectivity index (χ3n) is 4.45. The van der Waals surface area contributed by atoms with Gasteiger partial charge in [-0.25, -0.2) is 0 Å². The number of methoxy groups -OCH3 is 1. The average Bonchev–Trinajstić information content (AvgIpc) is 2.66. The molecule has 1 heterocycles. The number of carbonyl (C=O) groups is 1. The van der Waals surface area contributed by atoms with Gasteiger partial charge in [-0.05, 0) is 39.7 Å². The molecule has 5 nitrogen and oxygen atoms in total. The summed E-state index contributed by atoms with van der Waals surface area (Å²) >= 11 is 3.44. The van der Waals surface area contributed by atoms with E-state index in [1.165, 1.54) is 7.11 Å². The number of carbonyl (C=O) groups excluding carboxylic acids is 1. The van der Waals surface area contributed by atoms with Crippen LogP contribution < -0.4 is 4.74 Å². The Morgan fingerprint density at radius 1 is 1.12 bits per heavy atom. The molecule has 1 saturated heterocycles. The number of nitrogens with zero attached hydrogens (tertiary/aromatic N) is 2. The maximum Gasteiger partial charge on any atom is 0.253 e. The van der Waals surface area contributed by atoms with E-state index < -0.39 is 0 Å². The normalized spacial score (nSPS) is 15.2. The fourth-order valence-electron chi connectivity index (χ4n) is 2.99. The Hall–Kier alpha value is -2.05. The van der Waals surface area contributed by atoms with Gasteiger partial charge in [-0.3, -0.25) is 9.69 Å². The number of benzene rings is 2. The number of amides is 1. The molecule has 0 aliphatic carbocycles. The van der Waals surface area contributed by atoms with Crippen molar-refractivity contribution < 1.29 is 14.6 Å². The molecule has 3 rings (SSSR count). The number of rotatable bonds is 4. The van der Waals surface area contributed by atoms with E-state index in [0.717, 1.165) is 24.2 Å². The van der Waals surface area contributed by atoms with Gasteiger partial charge in [-0.1, -0.05) is 24.3 Å². The number of hydrogen-bond donors (Lipinski definition) is 1. The predicted molar refractivity (Wildman–Crippen MR) is 100.0 cm³/mol. The monoisotopic (exact) mass is 404 g/mol. The van der Waals surface area contributed by atoms with Crippen LogP contribution in [0.1, 0.15) is 15.9 Å². The van der Waals surface area contributed by atoms with Crippen LogP contribution in [-0.4, -0.2) is 54.1 Å². The van der Waals surface area contributed by atoms with Crippen LogP contribution in [0.5, 0.6) is 11.5 Å². The van der Waals surface area contributed by atoms with Crippen molar-refractivity contribution in [2.45, 2.75) is 6.54 Å². The molecule has 1 aliphatic rings. The van der Waals surface area contributed by atoms with Crippen molar-refractivity contribution in [1.29, 1.82) is 0 Å². The van der Waals surface area contributed by atoms with Gasteiger partial charge < -0.3 is 14.7 Å². The number of halogens is 1. The van der Waals surface area contributed by atoms with Crippen LogP contribution in [0.4, 0.5) is 0 Å². The van der Waals surface area contributed by atoms with Crippen molar-refractivity contribution in [1.82, 2.24) is 9.80 Å². The van der Waals surface area contributed by atoms with Crippen LogP contribution in [-0.2, 0) is 6.54 Å². The van der Waals surface area contributed by atoms with Crippen LogP contribution in [0.15, 0.2) is 46.9 Å². The van der Waals surface area contributed by atoms with Crippen molar-refractivity contribution >= 4 is 21.8 Å². The third kappa shape index (κ3) is 3.96. The Labute approximate surface area is 155 Å². The number of hydrogen-bond acceptors (Lipinski definition) is 4. The van der Waals surface area contributed by atoms with Gasteiger partial charge in [0.2, 0.25) is 0 Å². The molecule has 0 spiro atoms. The summed E-state index contributed by atoms with van der Waals surface area (Å²) in [7, 11) is 1.53. The number of piperazine rings is 1. The van der Waals surface area contributed by atoms with Crippen molar-refractivity contribution in [3.8, 4) is 11.5 Å². The second-order valence-corrected chi connectivity index (χ2v) is 6.82. The third-order valence-corrected chi connectivity index (χ3v) is 5.34. The molecular formula is C19H21BrN2O3. The average molecular weight is 405 g/mol. The first-order valence-corrected chi connectivity index (χ1v) is 9.00. The lowest BCUT2D eigenvalue weighted by Crippen LogP contribution is -2.48. The number of ether oxygens (including phenoxy) is 1. The fraction of sp³-hybridized carbons (Fsp3) is 0.316. The van der Waals surface area contributed by atoms with Gasteiger partial charge in [0, 0.05) is 38.3 Å². The zero-order valence-electron chi connectivity index (χ0n) is 14.1. The largest absolute Gasteiger partial charge is 0.503 e. The van der Waals surface area contributed by atoms with Gasteiger partial charge in [0.05, 0.1) is 11.6 Å². The summed E-state index contributed by atoms with van der Waals surface area (Å²) in [6.07, 6.45) is 0. The zero-order chi connectivity index (χ0) is 17.8. The standard InChI is InChI=1S/C19H21BrN2O3/c1-25-16-8-7-15(17(20)18(16)23)13-21-9-11-22(12-10-21)19(24)14-5-3-2-4-6-14/h2-8,23H,9-13H2,1H3. The maximum atomic E-state index is 12.5. The molecule has 1 fully saturated rings. The van der Waals surface area contributed by atoms with Gasteiger partial charge in [-0.15, -0.1) is 0 Å². The van der Waals surface area contributed by atoms with E-state index in [0.29, 0.717) is 29.9 Å². The summed E-state index contributed by atoms with van der Waals surface area (Å²) in [6, 6.07) is 13.1. The molecular weight excluding hydrogens is 384 g/mol. The molecule has 2 aromatic carbocycles. The first-order chi connectivity index (χ1) is 12.1. The molecule has 132 valence electrons. The van der Waals surface area contributed by atoms with Crippen LogP contribution in [0.25, 0.3) is 0 Å². The van der Waals surface area contributed by atoms with Gasteiger partial charge >= 0.3 is 0 Å². The minimum absolute atomic E-state index is 0.0866. The molecule has 2 aromatic rings. The van der Waals surface area contributed by atoms with E-state index in [-0.39, 0.29) is 11.7 Å². The molecule has 1 N–H and O–H groups in total. The van der Waals surface area contributed by atoms with Crippen LogP contribution >= 0.6 is 15.9 Å². The van der Waals surface area contributed by atoms with E-state index in [2.05, 4.69) is 20.8 Å². The Morgan fingerprint density at radius 2 is 1.80 bits per heavy atom. The number of phenols is 1. The van der Waals surface area contributed by atoms with Gasteiger partial charge in [0.25, 0.3) is 5.91 Å². The summed E-state index contributed by atoms with van der Waals surface area (Å²) in [5.41, 5.74) is 1.74. The van der Waals surface area contributed by atoms with E-state index in [1.807, 2.05) is 41.3 Å². The van der Waals surface area contributed by atoms with Crippen molar-refractivity contribution in [3.05, 3.63) is 58.1 Å². The highest BCUT2D eigenvalue weighted by atomic mass is 79.9. The van der Waals surface area contributed by atoms with Gasteiger partial charge in [-0.2, -0.15) is 0 Å². The minimum Gasteiger partial charge on any atom is -0.503 e. The summed E-state index contributed by atoms with van der Waals surface area (Å²) in [4.78, 5) is 16.7. The Morgan fingerprint density at radius 3 is 2.44 bits per heavy atom. The maximum absolute atomic E-state index is 12.5. The number of aromatic hydroxyl groups is 1. The lowest BCUT2D eigenvalue weighted by atomic mass is 10.1. The molecule has 1 amide bonds. The summed E-state index contributed by atoms with van der Waals surface area (Å²) < 4.78 is 5.78. The summed E-state index contributed by atoms with van der Waals surface area (Å²) in [5.74, 6) is 0.662. The highest BCUT2D eigenvalue weighted by molar-refractivity contribution is 9.10. The highest BCUT2D eigenvalue weighted by Crippen LogP contribution is 2.37. The molecule has 0 atom stereocenters. The molecule has 25 heavy (non-hydrogen) atoms. The van der Waals surface area contributed by atoms with E-state index in [9.17, 15) is 9.90 Å². The van der Waals surface area contributed by atoms with Crippen molar-refractivity contribution in [2.24, 2.45) is 0 Å². The molecule has 0 unspecified atom stereocenters. The van der Waals surface area contributed by atoms with E-state index in [4.69, 9.17) is 4.74 Å². The Kier molecular flexibility index (Phi) is 5.60. The van der Waals surface area contributed by atoms with Gasteiger partial charge in [0.1, 0.15) is 0 Å². The molecule has 6 heteroatoms. The van der Waals surface area contributed by atoms with Crippen LogP contribution in [0, 0.1) is 0 Å². The molecule has 0 bridgehead atoms. The van der Waals surface area contributed by atoms with Crippen LogP contribution in [0.3, 0.4) is 0 Å². The highest BCUT2D eigenvalue weighted by Gasteiger charge is 2.23. The second-order valence-electron chi connectivity index (χ2n) is 6.02. The van der Waals surface area contributed by atoms with Crippen molar-refractivity contribution in [2.75, 3.05) is 33.3 Å². The topological polar surface area (TPSA) is 53.0 Å². The molecule has 1 aliphatic heterocycles. The Bertz CT molecular complexity index is 744. The number of phenolic OH excluding ortho intramolecular Hbond substituents is 1. The lowest BCUT2D eigenvalue weighted by Gasteiger charge is -2.35. The van der Waals surface area contributed by atoms with Crippen molar-refractivity contribution in [3.63, 3.8) is 0 Å². The van der Waals surface area contributed by atoms with E-state index >= 15 is 0 Å². The molecule has 0 aromatic heterocycles. The van der Waals surface area contributed by atoms with Gasteiger partial charge in [0.15, 0.2) is 11.5 Å². The predicted octanol–water partition coefficient (Wildman–Crippen LogP) is 3.12. The van der Waals surface area contributed by atoms with Crippen LogP contribution in [0.2, 0.25) is 0 Å². The molecule has 0 saturated carbocycles. The second kappa shape index (κ2) is 7.89. The lowest BCUT2D eigenvalue weighted by molar-refractivity contribution is 0.0628. The summed E-state index contributed by atoms with van der Waals surface area (Å²) in [5, 5.41) is 10.1. The fourth-order valence-corrected chi connectivity index (χ4v) is 3.44. The smallest absolute Gasteiger partial charge is 0.253 e. The molecule has 0 radical (unpaired) electrons. The first kappa shape index (κ1) is 17.8. The van der Waals surface area contributed by atoms with E-state index in [1.54, 1.807) is 6.07 Å². The first-order valence-electron chi connectivity index (χ1n) is 8.21. The minimum atomic E-state index is 0.0866. The SMILES string of the molecule is COc1ccc(CN2CCN(C(=O)c3ccccc3)CC2)c(Br)c1O.